The number of hydrogen-bond donors (Lipinski definition) is 7. The second kappa shape index (κ2) is 24.4. The number of para-hydroxylation sites is 1. The molecule has 6 aromatic heterocycles. The average molecular weight is 1360 g/mol. The second-order valence-corrected chi connectivity index (χ2v) is 27.7. The Balaban J connectivity index is 0.768. The number of H-pyrrole nitrogens is 1. The first-order valence-corrected chi connectivity index (χ1v) is 32.3. The van der Waals surface area contributed by atoms with E-state index in [2.05, 4.69) is 48.5 Å². The number of aromatic amines is 1. The Bertz CT molecular complexity index is 4210. The molecule has 10 heterocycles. The molecule has 4 aliphatic heterocycles. The molecule has 4 fully saturated rings. The summed E-state index contributed by atoms with van der Waals surface area (Å²) in [4.78, 5) is 107. The van der Waals surface area contributed by atoms with E-state index in [0.29, 0.717) is 0 Å². The van der Waals surface area contributed by atoms with Crippen LogP contribution in [0.15, 0.2) is 54.4 Å². The van der Waals surface area contributed by atoms with Gasteiger partial charge in [0.25, 0.3) is 48.5 Å². The van der Waals surface area contributed by atoms with E-state index >= 15 is 0 Å². The lowest BCUT2D eigenvalue weighted by molar-refractivity contribution is -0.746. The quantitative estimate of drug-likeness (QED) is 0.00996. The van der Waals surface area contributed by atoms with Crippen molar-refractivity contribution < 1.29 is 123 Å². The standard InChI is InChI=1S/C44H56N16O27P4/c1-43(2,3)30(18-7-5-6-8-19(18)60(66)67)78-17-77-28-26(62)21(83-39(28)59-16-56(4)24-35(59)53-42(47)55-37(24)65)10-80-89(70,71)86-91(74,75)87-90(72,73)81-12-44-11-76-29(40(84-44)57-14-50-22-32(45)48-13-49-33(22)57)31(44)85-88(68,69)79-9-20-25(61)27(63)38(82-20)58-15-51-23-34(58)52-41(46)54-36(23)64/h5-8,13-16,20-21,25-31,38-40,61-63H,9-12,17H2,1-4H3,(H11-,45,46,47,48,49,52,53,54,55,64,65,68,69,70,71,72,73,74,75)/p-4/t20-,21-,25+,26+,27?,28?,29?,30?,31-,38-,39-,40-,44-/m1/s1. The number of benzene rings is 1. The first-order valence-electron chi connectivity index (χ1n) is 26.4. The predicted octanol–water partition coefficient (Wildman–Crippen LogP) is -4.01. The number of hydrogen-bond acceptors (Lipinski definition) is 37. The van der Waals surface area contributed by atoms with Crippen molar-refractivity contribution in [1.82, 2.24) is 53.6 Å². The number of aliphatic hydroxyl groups is 3. The summed E-state index contributed by atoms with van der Waals surface area (Å²) >= 11 is 0. The number of rotatable bonds is 24. The highest BCUT2D eigenvalue weighted by Crippen LogP contribution is 2.64. The van der Waals surface area contributed by atoms with Crippen molar-refractivity contribution in [2.45, 2.75) is 100.0 Å². The number of anilines is 3. The number of aryl methyl sites for hydroxylation is 1. The number of nitrogens with zero attached hydrogens (tertiary/aromatic N) is 12. The molecule has 0 radical (unpaired) electrons. The lowest BCUT2D eigenvalue weighted by atomic mass is 9.84. The lowest BCUT2D eigenvalue weighted by Gasteiger charge is -2.37. The van der Waals surface area contributed by atoms with Crippen molar-refractivity contribution in [3.8, 4) is 5.88 Å². The average Bonchev–Trinajstić information content (AvgIpc) is 1.57. The number of aromatic nitrogens is 12. The molecule has 17 atom stereocenters. The van der Waals surface area contributed by atoms with E-state index < -0.39 is 171 Å². The molecule has 47 heteroatoms. The molecule has 2 bridgehead atoms. The van der Waals surface area contributed by atoms with E-state index in [9.17, 15) is 73.2 Å². The fourth-order valence-corrected chi connectivity index (χ4v) is 15.1. The number of imidazole rings is 3. The topological polar surface area (TPSA) is 618 Å². The van der Waals surface area contributed by atoms with Gasteiger partial charge in [-0.2, -0.15) is 4.98 Å². The van der Waals surface area contributed by atoms with Crippen molar-refractivity contribution in [2.24, 2.45) is 12.5 Å². The zero-order chi connectivity index (χ0) is 65.7. The number of phosphoric ester groups is 3. The molecule has 43 nitrogen and oxygen atoms in total. The van der Waals surface area contributed by atoms with Gasteiger partial charge < -0.3 is 104 Å². The van der Waals surface area contributed by atoms with Crippen LogP contribution in [0.1, 0.15) is 51.1 Å². The smallest absolute Gasteiger partial charge is 0.309 e. The minimum atomic E-state index is -6.71. The number of nitro benzene ring substituents is 1. The van der Waals surface area contributed by atoms with E-state index in [1.54, 1.807) is 26.8 Å². The Labute approximate surface area is 507 Å². The fourth-order valence-electron chi connectivity index (χ4n) is 10.7. The van der Waals surface area contributed by atoms with Gasteiger partial charge >= 0.3 is 5.65 Å². The molecule has 11 rings (SSSR count). The zero-order valence-corrected chi connectivity index (χ0v) is 50.7. The molecule has 8 unspecified atom stereocenters. The van der Waals surface area contributed by atoms with Crippen LogP contribution in [0, 0.1) is 15.5 Å². The van der Waals surface area contributed by atoms with Crippen LogP contribution >= 0.6 is 31.3 Å². The van der Waals surface area contributed by atoms with Crippen LogP contribution in [-0.2, 0) is 80.4 Å². The zero-order valence-electron chi connectivity index (χ0n) is 47.1. The summed E-state index contributed by atoms with van der Waals surface area (Å²) < 4.78 is 122. The molecule has 1 aromatic carbocycles. The predicted molar refractivity (Wildman–Crippen MR) is 285 cm³/mol. The third-order valence-corrected chi connectivity index (χ3v) is 19.7. The Morgan fingerprint density at radius 1 is 0.846 bits per heavy atom. The van der Waals surface area contributed by atoms with E-state index in [1.165, 1.54) is 36.1 Å². The summed E-state index contributed by atoms with van der Waals surface area (Å²) in [6.45, 7) is -0.225. The van der Waals surface area contributed by atoms with Gasteiger partial charge in [0, 0.05) is 11.9 Å². The number of nitrogens with two attached hydrogens (primary N) is 3. The third kappa shape index (κ3) is 13.1. The first-order chi connectivity index (χ1) is 42.7. The van der Waals surface area contributed by atoms with Gasteiger partial charge in [0.2, 0.25) is 12.2 Å². The van der Waals surface area contributed by atoms with E-state index in [4.69, 9.17) is 63.7 Å². The minimum Gasteiger partial charge on any atom is -0.856 e. The van der Waals surface area contributed by atoms with E-state index in [0.717, 1.165) is 32.7 Å². The molecule has 4 aliphatic rings. The van der Waals surface area contributed by atoms with Crippen LogP contribution in [0.3, 0.4) is 0 Å². The van der Waals surface area contributed by atoms with Gasteiger partial charge in [0.05, 0.1) is 62.7 Å². The Kier molecular flexibility index (Phi) is 17.7. The van der Waals surface area contributed by atoms with Crippen molar-refractivity contribution in [1.29, 1.82) is 0 Å². The molecule has 7 aromatic rings. The Morgan fingerprint density at radius 2 is 1.51 bits per heavy atom. The second-order valence-electron chi connectivity index (χ2n) is 21.8. The Hall–Kier alpha value is -6.57. The molecule has 0 aliphatic carbocycles. The first kappa shape index (κ1) is 65.9. The summed E-state index contributed by atoms with van der Waals surface area (Å²) in [5, 5.41) is 58.4. The van der Waals surface area contributed by atoms with Gasteiger partial charge in [-0.25, -0.2) is 38.1 Å². The highest BCUT2D eigenvalue weighted by Gasteiger charge is 2.65. The fraction of sp³-hybridized carbons (Fsp3) is 0.523. The molecular formula is C44H52N16O27P4-4. The third-order valence-electron chi connectivity index (χ3n) is 14.6. The maximum Gasteiger partial charge on any atom is 0.309 e. The molecule has 91 heavy (non-hydrogen) atoms. The van der Waals surface area contributed by atoms with Gasteiger partial charge in [0.1, 0.15) is 73.1 Å². The molecule has 0 saturated carbocycles. The number of phosphoric acid groups is 4. The van der Waals surface area contributed by atoms with Gasteiger partial charge in [-0.3, -0.25) is 51.9 Å². The maximum absolute atomic E-state index is 13.7. The van der Waals surface area contributed by atoms with E-state index in [-0.39, 0.29) is 56.5 Å². The molecular weight excluding hydrogens is 1310 g/mol. The van der Waals surface area contributed by atoms with Crippen molar-refractivity contribution in [3.05, 3.63) is 75.6 Å². The summed E-state index contributed by atoms with van der Waals surface area (Å²) in [6, 6.07) is 5.72. The van der Waals surface area contributed by atoms with Crippen molar-refractivity contribution >= 4 is 88.2 Å². The van der Waals surface area contributed by atoms with Gasteiger partial charge in [0.15, 0.2) is 46.9 Å². The molecule has 0 spiro atoms. The molecule has 494 valence electrons. The summed E-state index contributed by atoms with van der Waals surface area (Å²) in [6.07, 6.45) is -15.7. The number of aliphatic hydroxyl groups excluding tert-OH is 3. The monoisotopic (exact) mass is 1360 g/mol. The highest BCUT2D eigenvalue weighted by atomic mass is 31.3. The van der Waals surface area contributed by atoms with Crippen LogP contribution < -0.4 is 52.0 Å². The maximum atomic E-state index is 13.7. The van der Waals surface area contributed by atoms with Crippen LogP contribution in [-0.4, -0.2) is 161 Å². The minimum absolute atomic E-state index is 0.00588. The number of fused-ring (bicyclic) bond motifs is 5. The number of nitro groups is 1. The van der Waals surface area contributed by atoms with Crippen LogP contribution in [0.2, 0.25) is 0 Å². The highest BCUT2D eigenvalue weighted by molar-refractivity contribution is 7.65. The normalized spacial score (nSPS) is 29.0. The van der Waals surface area contributed by atoms with Crippen LogP contribution in [0.5, 0.6) is 5.88 Å². The summed E-state index contributed by atoms with van der Waals surface area (Å²) in [5.74, 6) is -1.80. The van der Waals surface area contributed by atoms with E-state index in [1.807, 2.05) is 0 Å². The molecule has 0 amide bonds. The van der Waals surface area contributed by atoms with Gasteiger partial charge in [-0.05, 0) is 11.5 Å². The molecule has 10 N–H and O–H groups in total. The molecule has 4 saturated heterocycles. The van der Waals surface area contributed by atoms with Gasteiger partial charge in [-0.15, -0.1) is 0 Å². The van der Waals surface area contributed by atoms with Crippen LogP contribution in [0.4, 0.5) is 23.4 Å². The van der Waals surface area contributed by atoms with Crippen molar-refractivity contribution in [2.75, 3.05) is 50.4 Å². The lowest BCUT2D eigenvalue weighted by Crippen LogP contribution is -2.47. The number of nitrogen functional groups attached to an aromatic ring is 3. The van der Waals surface area contributed by atoms with Crippen molar-refractivity contribution in [3.63, 3.8) is 0 Å². The SMILES string of the molecule is Cn1c[n+]([C@@H]2O[C@H](COP(=O)([O-])OP(=O)([O-])OP(=O)([O-])OC[C@@]34COC([C@H](n5cnc6c(N)ncnc65)O3)[C@H]4OP(=O)([O-])OC[C@H]3O[C@@H](n4cnc5c(=O)[nH]c(N)nc54)C(O)[C@H]3O)[C@H](O)C2OCOC(c2ccccc2[N+](=O)[O-])C(C)(C)C)c2nc(N)nc([O-])c21. The van der Waals surface area contributed by atoms with Crippen LogP contribution in [0.25, 0.3) is 33.5 Å². The number of nitrogens with one attached hydrogen (secondary N) is 1. The summed E-state index contributed by atoms with van der Waals surface area (Å²) in [7, 11) is -23.8. The Morgan fingerprint density at radius 3 is 2.21 bits per heavy atom. The number of ether oxygens (including phenoxy) is 6. The summed E-state index contributed by atoms with van der Waals surface area (Å²) in [5.41, 5.74) is 12.5. The largest absolute Gasteiger partial charge is 0.856 e. The van der Waals surface area contributed by atoms with Gasteiger partial charge in [-0.1, -0.05) is 37.9 Å².